The summed E-state index contributed by atoms with van der Waals surface area (Å²) in [6.45, 7) is 4.79. The largest absolute Gasteiger partial charge is 0.477 e. The van der Waals surface area contributed by atoms with Crippen molar-refractivity contribution in [2.75, 3.05) is 0 Å². The summed E-state index contributed by atoms with van der Waals surface area (Å²) in [5.41, 5.74) is 3.68. The van der Waals surface area contributed by atoms with E-state index in [4.69, 9.17) is 4.52 Å². The molecule has 2 aromatic heterocycles. The number of aromatic carboxylic acids is 1. The number of carboxylic acid groups (broad SMARTS) is 1. The van der Waals surface area contributed by atoms with E-state index in [2.05, 4.69) is 15.5 Å². The van der Waals surface area contributed by atoms with Gasteiger partial charge in [-0.25, -0.2) is 4.79 Å². The standard InChI is InChI=1S/C16H17N3O3/c1-9-12(10(2)22-19-9)7-17-8-13-11-5-3-4-6-14(11)18-15(13)16(20)21/h3-6,17-18H,7-8H2,1-2H3,(H,20,21). The average Bonchev–Trinajstić information content (AvgIpc) is 3.02. The van der Waals surface area contributed by atoms with Crippen LogP contribution in [0.25, 0.3) is 10.9 Å². The second-order valence-electron chi connectivity index (χ2n) is 5.24. The number of para-hydroxylation sites is 1. The third-order valence-corrected chi connectivity index (χ3v) is 3.81. The first-order valence-electron chi connectivity index (χ1n) is 7.03. The molecule has 0 unspecified atom stereocenters. The molecule has 3 aromatic rings. The van der Waals surface area contributed by atoms with E-state index in [1.807, 2.05) is 38.1 Å². The van der Waals surface area contributed by atoms with Gasteiger partial charge in [0.25, 0.3) is 0 Å². The van der Waals surface area contributed by atoms with Crippen LogP contribution in [0.5, 0.6) is 0 Å². The van der Waals surface area contributed by atoms with Crippen molar-refractivity contribution in [1.82, 2.24) is 15.5 Å². The smallest absolute Gasteiger partial charge is 0.352 e. The molecule has 0 aliphatic carbocycles. The highest BCUT2D eigenvalue weighted by Gasteiger charge is 2.17. The molecule has 0 aliphatic rings. The van der Waals surface area contributed by atoms with Crippen LogP contribution < -0.4 is 5.32 Å². The van der Waals surface area contributed by atoms with Crippen LogP contribution >= 0.6 is 0 Å². The Hall–Kier alpha value is -2.60. The fourth-order valence-corrected chi connectivity index (χ4v) is 2.63. The number of carboxylic acids is 1. The van der Waals surface area contributed by atoms with Crippen molar-refractivity contribution in [1.29, 1.82) is 0 Å². The minimum atomic E-state index is -0.953. The number of aromatic amines is 1. The van der Waals surface area contributed by atoms with Crippen LogP contribution in [0.3, 0.4) is 0 Å². The Kier molecular flexibility index (Phi) is 3.68. The molecule has 6 heteroatoms. The van der Waals surface area contributed by atoms with Gasteiger partial charge in [0.15, 0.2) is 0 Å². The summed E-state index contributed by atoms with van der Waals surface area (Å²) in [5, 5.41) is 17.5. The zero-order chi connectivity index (χ0) is 15.7. The quantitative estimate of drug-likeness (QED) is 0.674. The first kappa shape index (κ1) is 14.3. The minimum Gasteiger partial charge on any atom is -0.477 e. The van der Waals surface area contributed by atoms with E-state index >= 15 is 0 Å². The molecule has 3 N–H and O–H groups in total. The van der Waals surface area contributed by atoms with Crippen molar-refractivity contribution in [2.45, 2.75) is 26.9 Å². The summed E-state index contributed by atoms with van der Waals surface area (Å²) in [4.78, 5) is 14.4. The van der Waals surface area contributed by atoms with Crippen molar-refractivity contribution in [3.63, 3.8) is 0 Å². The Labute approximate surface area is 127 Å². The Morgan fingerprint density at radius 2 is 2.00 bits per heavy atom. The van der Waals surface area contributed by atoms with Crippen molar-refractivity contribution in [3.05, 3.63) is 52.5 Å². The lowest BCUT2D eigenvalue weighted by Gasteiger charge is -2.05. The van der Waals surface area contributed by atoms with Crippen LogP contribution in [0, 0.1) is 13.8 Å². The maximum Gasteiger partial charge on any atom is 0.352 e. The number of carbonyl (C=O) groups is 1. The third-order valence-electron chi connectivity index (χ3n) is 3.81. The number of aryl methyl sites for hydroxylation is 2. The molecule has 0 amide bonds. The summed E-state index contributed by atoms with van der Waals surface area (Å²) >= 11 is 0. The first-order chi connectivity index (χ1) is 10.6. The van der Waals surface area contributed by atoms with Crippen molar-refractivity contribution < 1.29 is 14.4 Å². The van der Waals surface area contributed by atoms with Gasteiger partial charge in [0, 0.05) is 35.1 Å². The lowest BCUT2D eigenvalue weighted by molar-refractivity contribution is 0.0690. The van der Waals surface area contributed by atoms with E-state index in [1.54, 1.807) is 0 Å². The molecular formula is C16H17N3O3. The van der Waals surface area contributed by atoms with Crippen molar-refractivity contribution in [3.8, 4) is 0 Å². The molecule has 3 rings (SSSR count). The summed E-state index contributed by atoms with van der Waals surface area (Å²) in [7, 11) is 0. The number of benzene rings is 1. The van der Waals surface area contributed by atoms with E-state index in [1.165, 1.54) is 0 Å². The number of fused-ring (bicyclic) bond motifs is 1. The van der Waals surface area contributed by atoms with Gasteiger partial charge in [-0.3, -0.25) is 0 Å². The second kappa shape index (κ2) is 5.65. The fourth-order valence-electron chi connectivity index (χ4n) is 2.63. The number of rotatable bonds is 5. The number of nitrogens with one attached hydrogen (secondary N) is 2. The molecule has 0 atom stereocenters. The third kappa shape index (κ3) is 2.48. The van der Waals surface area contributed by atoms with E-state index < -0.39 is 5.97 Å². The molecule has 114 valence electrons. The van der Waals surface area contributed by atoms with Crippen LogP contribution in [0.15, 0.2) is 28.8 Å². The lowest BCUT2D eigenvalue weighted by Crippen LogP contribution is -2.15. The van der Waals surface area contributed by atoms with Crippen LogP contribution in [0.4, 0.5) is 0 Å². The molecule has 0 saturated carbocycles. The van der Waals surface area contributed by atoms with Gasteiger partial charge in [0.05, 0.1) is 5.69 Å². The number of H-pyrrole nitrogens is 1. The molecule has 22 heavy (non-hydrogen) atoms. The predicted molar refractivity (Wildman–Crippen MR) is 81.8 cm³/mol. The Morgan fingerprint density at radius 1 is 1.27 bits per heavy atom. The van der Waals surface area contributed by atoms with Crippen molar-refractivity contribution >= 4 is 16.9 Å². The fraction of sp³-hybridized carbons (Fsp3) is 0.250. The van der Waals surface area contributed by atoms with Gasteiger partial charge in [0.1, 0.15) is 11.5 Å². The van der Waals surface area contributed by atoms with Crippen LogP contribution in [-0.2, 0) is 13.1 Å². The van der Waals surface area contributed by atoms with E-state index in [-0.39, 0.29) is 5.69 Å². The Balaban J connectivity index is 1.84. The normalized spacial score (nSPS) is 11.2. The molecule has 2 heterocycles. The lowest BCUT2D eigenvalue weighted by atomic mass is 10.1. The zero-order valence-electron chi connectivity index (χ0n) is 12.4. The Morgan fingerprint density at radius 3 is 2.68 bits per heavy atom. The van der Waals surface area contributed by atoms with Gasteiger partial charge >= 0.3 is 5.97 Å². The number of hydrogen-bond donors (Lipinski definition) is 3. The highest BCUT2D eigenvalue weighted by molar-refractivity contribution is 5.97. The van der Waals surface area contributed by atoms with Crippen LogP contribution in [-0.4, -0.2) is 21.2 Å². The molecule has 0 fully saturated rings. The zero-order valence-corrected chi connectivity index (χ0v) is 12.4. The molecule has 6 nitrogen and oxygen atoms in total. The summed E-state index contributed by atoms with van der Waals surface area (Å²) in [6.07, 6.45) is 0. The number of nitrogens with zero attached hydrogens (tertiary/aromatic N) is 1. The van der Waals surface area contributed by atoms with Gasteiger partial charge in [-0.2, -0.15) is 0 Å². The predicted octanol–water partition coefficient (Wildman–Crippen LogP) is 2.76. The molecule has 1 aromatic carbocycles. The van der Waals surface area contributed by atoms with Gasteiger partial charge in [-0.15, -0.1) is 0 Å². The van der Waals surface area contributed by atoms with E-state index in [0.717, 1.165) is 33.5 Å². The SMILES string of the molecule is Cc1noc(C)c1CNCc1c(C(=O)O)[nH]c2ccccc12. The van der Waals surface area contributed by atoms with Gasteiger partial charge in [0.2, 0.25) is 0 Å². The molecule has 0 radical (unpaired) electrons. The van der Waals surface area contributed by atoms with Gasteiger partial charge < -0.3 is 19.9 Å². The second-order valence-corrected chi connectivity index (χ2v) is 5.24. The van der Waals surface area contributed by atoms with Crippen molar-refractivity contribution in [2.24, 2.45) is 0 Å². The van der Waals surface area contributed by atoms with E-state index in [0.29, 0.717) is 13.1 Å². The Bertz CT molecular complexity index is 813. The monoisotopic (exact) mass is 299 g/mol. The summed E-state index contributed by atoms with van der Waals surface area (Å²) in [5.74, 6) is -0.173. The van der Waals surface area contributed by atoms with Gasteiger partial charge in [-0.1, -0.05) is 23.4 Å². The van der Waals surface area contributed by atoms with Crippen LogP contribution in [0.2, 0.25) is 0 Å². The first-order valence-corrected chi connectivity index (χ1v) is 7.03. The number of aromatic nitrogens is 2. The highest BCUT2D eigenvalue weighted by atomic mass is 16.5. The number of hydrogen-bond acceptors (Lipinski definition) is 4. The molecule has 0 bridgehead atoms. The summed E-state index contributed by atoms with van der Waals surface area (Å²) < 4.78 is 5.12. The molecule has 0 saturated heterocycles. The topological polar surface area (TPSA) is 91.2 Å². The molecule has 0 spiro atoms. The maximum absolute atomic E-state index is 11.4. The maximum atomic E-state index is 11.4. The van der Waals surface area contributed by atoms with Gasteiger partial charge in [-0.05, 0) is 19.9 Å². The minimum absolute atomic E-state index is 0.229. The highest BCUT2D eigenvalue weighted by Crippen LogP contribution is 2.22. The van der Waals surface area contributed by atoms with E-state index in [9.17, 15) is 9.90 Å². The van der Waals surface area contributed by atoms with Crippen LogP contribution in [0.1, 0.15) is 33.1 Å². The molecular weight excluding hydrogens is 282 g/mol. The summed E-state index contributed by atoms with van der Waals surface area (Å²) in [6, 6.07) is 7.58. The molecule has 0 aliphatic heterocycles. The average molecular weight is 299 g/mol.